The Bertz CT molecular complexity index is 8.00. The molecule has 0 heterocycles. The molecule has 0 unspecified atom stereocenters. The molecule has 4 heavy (non-hydrogen) atoms. The van der Waals surface area contributed by atoms with Crippen LogP contribution in [0.3, 0.4) is 0 Å². The van der Waals surface area contributed by atoms with Crippen molar-refractivity contribution in [3.8, 4) is 0 Å². The Morgan fingerprint density at radius 2 is 1.00 bits per heavy atom. The Morgan fingerprint density at radius 1 is 1.00 bits per heavy atom. The number of hydrogen-bond donors (Lipinski definition) is 0. The van der Waals surface area contributed by atoms with Crippen LogP contribution in [0.1, 0.15) is 0 Å². The molecule has 0 aromatic heterocycles. The molecule has 0 aliphatic carbocycles. The minimum Gasteiger partial charge on any atom is 0 e. The third kappa shape index (κ3) is 9.03. The predicted octanol–water partition coefficient (Wildman–Crippen LogP) is -0.767. The first kappa shape index (κ1) is 38.2. The molecule has 8 radical (unpaired) electrons. The van der Waals surface area contributed by atoms with Crippen LogP contribution in [-0.2, 0) is 38.1 Å². The molecule has 0 nitrogen and oxygen atoms in total. The van der Waals surface area contributed by atoms with Gasteiger partial charge in [0.2, 0.25) is 0 Å². The van der Waals surface area contributed by atoms with Crippen molar-refractivity contribution in [2.75, 3.05) is 0 Å². The van der Waals surface area contributed by atoms with Crippen LogP contribution < -0.4 is 0 Å². The van der Waals surface area contributed by atoms with Crippen molar-refractivity contribution in [2.24, 2.45) is 0 Å². The van der Waals surface area contributed by atoms with Crippen LogP contribution in [0.15, 0.2) is 0 Å². The molecular weight excluding hydrogens is 302 g/mol. The summed E-state index contributed by atoms with van der Waals surface area (Å²) in [7, 11) is 0. The molecule has 4 heteroatoms. The molecule has 24 valence electrons. The second-order valence-corrected chi connectivity index (χ2v) is 0. The SMILES string of the molecule is [Al].[Cu].[Si].[W]. The first-order valence-corrected chi connectivity index (χ1v) is 0. The third-order valence-corrected chi connectivity index (χ3v) is 0. The van der Waals surface area contributed by atoms with Gasteiger partial charge in [-0.05, 0) is 0 Å². The van der Waals surface area contributed by atoms with Gasteiger partial charge in [0.05, 0.1) is 0 Å². The molecule has 0 amide bonds. The Labute approximate surface area is 66.0 Å². The molecule has 0 fully saturated rings. The van der Waals surface area contributed by atoms with Gasteiger partial charge < -0.3 is 0 Å². The van der Waals surface area contributed by atoms with Gasteiger partial charge in [-0.3, -0.25) is 0 Å². The predicted molar refractivity (Wildman–Crippen MR) is 11.5 cm³/mol. The summed E-state index contributed by atoms with van der Waals surface area (Å²) < 4.78 is 0. The van der Waals surface area contributed by atoms with E-state index in [1.165, 1.54) is 0 Å². The largest absolute Gasteiger partial charge is 0 e. The zero-order valence-electron chi connectivity index (χ0n) is 1.79. The third-order valence-electron chi connectivity index (χ3n) is 0. The van der Waals surface area contributed by atoms with Crippen molar-refractivity contribution in [2.45, 2.75) is 0 Å². The van der Waals surface area contributed by atoms with Gasteiger partial charge in [0.15, 0.2) is 0 Å². The van der Waals surface area contributed by atoms with E-state index < -0.39 is 0 Å². The van der Waals surface area contributed by atoms with Gasteiger partial charge >= 0.3 is 0 Å². The average Bonchev–Trinajstić information content (AvgIpc) is 0. The van der Waals surface area contributed by atoms with E-state index in [2.05, 4.69) is 0 Å². The van der Waals surface area contributed by atoms with Crippen molar-refractivity contribution < 1.29 is 38.1 Å². The zero-order valence-corrected chi connectivity index (χ0v) is 7.82. The molecule has 0 aromatic rings. The number of hydrogen-bond acceptors (Lipinski definition) is 0. The maximum absolute atomic E-state index is 0. The molecule has 0 aromatic carbocycles. The molecule has 0 atom stereocenters. The summed E-state index contributed by atoms with van der Waals surface area (Å²) in [4.78, 5) is 0. The first-order valence-electron chi connectivity index (χ1n) is 0. The van der Waals surface area contributed by atoms with Crippen LogP contribution in [0.25, 0.3) is 0 Å². The van der Waals surface area contributed by atoms with E-state index in [9.17, 15) is 0 Å². The summed E-state index contributed by atoms with van der Waals surface area (Å²) in [5.74, 6) is 0. The van der Waals surface area contributed by atoms with E-state index in [-0.39, 0.29) is 66.5 Å². The maximum atomic E-state index is 0. The molecule has 0 spiro atoms. The molecule has 0 saturated heterocycles. The van der Waals surface area contributed by atoms with Crippen LogP contribution in [0.2, 0.25) is 0 Å². The van der Waals surface area contributed by atoms with Gasteiger partial charge in [0, 0.05) is 66.5 Å². The van der Waals surface area contributed by atoms with E-state index in [0.29, 0.717) is 0 Å². The summed E-state index contributed by atoms with van der Waals surface area (Å²) in [5, 5.41) is 0. The van der Waals surface area contributed by atoms with Crippen LogP contribution in [0.5, 0.6) is 0 Å². The van der Waals surface area contributed by atoms with Crippen molar-refractivity contribution in [3.63, 3.8) is 0 Å². The van der Waals surface area contributed by atoms with Crippen LogP contribution >= 0.6 is 0 Å². The number of rotatable bonds is 0. The van der Waals surface area contributed by atoms with Gasteiger partial charge in [0.25, 0.3) is 0 Å². The fourth-order valence-corrected chi connectivity index (χ4v) is 0. The average molecular weight is 302 g/mol. The van der Waals surface area contributed by atoms with Crippen LogP contribution in [0, 0.1) is 0 Å². The van der Waals surface area contributed by atoms with E-state index in [4.69, 9.17) is 0 Å². The Morgan fingerprint density at radius 3 is 1.00 bits per heavy atom. The monoisotopic (exact) mass is 302 g/mol. The van der Waals surface area contributed by atoms with E-state index in [1.54, 1.807) is 0 Å². The van der Waals surface area contributed by atoms with Crippen molar-refractivity contribution in [1.29, 1.82) is 0 Å². The molecule has 0 aliphatic rings. The van der Waals surface area contributed by atoms with Crippen molar-refractivity contribution in [3.05, 3.63) is 0 Å². The normalized spacial score (nSPS) is 0. The second kappa shape index (κ2) is 20.3. The summed E-state index contributed by atoms with van der Waals surface area (Å²) >= 11 is 0. The van der Waals surface area contributed by atoms with Gasteiger partial charge in [0.1, 0.15) is 0 Å². The quantitative estimate of drug-likeness (QED) is 0.516. The summed E-state index contributed by atoms with van der Waals surface area (Å²) in [5.41, 5.74) is 0. The van der Waals surface area contributed by atoms with Gasteiger partial charge in [-0.15, -0.1) is 0 Å². The zero-order chi connectivity index (χ0) is 0. The Balaban J connectivity index is 0. The van der Waals surface area contributed by atoms with E-state index in [1.807, 2.05) is 0 Å². The maximum Gasteiger partial charge on any atom is 0 e. The second-order valence-electron chi connectivity index (χ2n) is 0. The smallest absolute Gasteiger partial charge is 0 e. The minimum absolute atomic E-state index is 0. The summed E-state index contributed by atoms with van der Waals surface area (Å²) in [6.07, 6.45) is 0. The van der Waals surface area contributed by atoms with Crippen LogP contribution in [-0.4, -0.2) is 28.3 Å². The topological polar surface area (TPSA) is 0 Å². The molecule has 0 aliphatic heterocycles. The van der Waals surface area contributed by atoms with E-state index >= 15 is 0 Å². The van der Waals surface area contributed by atoms with Crippen molar-refractivity contribution in [1.82, 2.24) is 0 Å². The van der Waals surface area contributed by atoms with Crippen molar-refractivity contribution >= 4 is 28.3 Å². The fraction of sp³-hybridized carbons (Fsp3) is 0. The van der Waals surface area contributed by atoms with E-state index in [0.717, 1.165) is 0 Å². The standard InChI is InChI=1S/Al.Cu.Si.W. The van der Waals surface area contributed by atoms with Gasteiger partial charge in [-0.25, -0.2) is 0 Å². The molecule has 0 rings (SSSR count). The first-order chi connectivity index (χ1) is 0. The van der Waals surface area contributed by atoms with Crippen LogP contribution in [0.4, 0.5) is 0 Å². The minimum atomic E-state index is 0. The molecule has 0 bridgehead atoms. The molecule has 0 saturated carbocycles. The van der Waals surface area contributed by atoms with Gasteiger partial charge in [-0.1, -0.05) is 0 Å². The summed E-state index contributed by atoms with van der Waals surface area (Å²) in [6.45, 7) is 0. The van der Waals surface area contributed by atoms with Gasteiger partial charge in [-0.2, -0.15) is 0 Å². The fourth-order valence-electron chi connectivity index (χ4n) is 0. The Kier molecular flexibility index (Phi) is 194. The summed E-state index contributed by atoms with van der Waals surface area (Å²) in [6, 6.07) is 0. The molecular formula is AlCuSiW. The molecule has 0 N–H and O–H groups in total. The Hall–Kier alpha value is 1.96.